The molecule has 1 unspecified atom stereocenters. The number of hydrogen-bond acceptors (Lipinski definition) is 3. The van der Waals surface area contributed by atoms with E-state index in [2.05, 4.69) is 24.3 Å². The van der Waals surface area contributed by atoms with Gasteiger partial charge in [-0.05, 0) is 42.7 Å². The van der Waals surface area contributed by atoms with Crippen molar-refractivity contribution in [1.29, 1.82) is 0 Å². The minimum absolute atomic E-state index is 0.152. The summed E-state index contributed by atoms with van der Waals surface area (Å²) >= 11 is 1.71. The summed E-state index contributed by atoms with van der Waals surface area (Å²) < 4.78 is 0. The fourth-order valence-corrected chi connectivity index (χ4v) is 5.40. The molecule has 2 atom stereocenters. The summed E-state index contributed by atoms with van der Waals surface area (Å²) in [5.41, 5.74) is 2.72. The van der Waals surface area contributed by atoms with E-state index < -0.39 is 0 Å². The number of aryl methyl sites for hydroxylation is 1. The number of hydrogen-bond donors (Lipinski definition) is 0. The van der Waals surface area contributed by atoms with Crippen LogP contribution in [-0.4, -0.2) is 52.4 Å². The molecule has 2 fully saturated rings. The smallest absolute Gasteiger partial charge is 0.246 e. The molecule has 1 aromatic rings. The molecule has 4 nitrogen and oxygen atoms in total. The largest absolute Gasteiger partial charge is 0.341 e. The highest BCUT2D eigenvalue weighted by Crippen LogP contribution is 2.36. The number of rotatable bonds is 3. The molecule has 3 aliphatic rings. The fraction of sp³-hybridized carbons (Fsp3) is 0.579. The quantitative estimate of drug-likeness (QED) is 0.846. The van der Waals surface area contributed by atoms with E-state index in [1.54, 1.807) is 11.8 Å². The Morgan fingerprint density at radius 2 is 1.96 bits per heavy atom. The van der Waals surface area contributed by atoms with Crippen molar-refractivity contribution in [1.82, 2.24) is 9.80 Å². The van der Waals surface area contributed by atoms with Crippen LogP contribution >= 0.6 is 11.8 Å². The van der Waals surface area contributed by atoms with Crippen LogP contribution in [0.5, 0.6) is 0 Å². The SMILES string of the molecule is O=C([C@@H]1CSCN1C(=O)CC1CCc2ccccc21)N1CCCC1. The molecule has 2 heterocycles. The first-order valence-corrected chi connectivity index (χ1v) is 10.1. The van der Waals surface area contributed by atoms with Gasteiger partial charge in [-0.15, -0.1) is 11.8 Å². The fourth-order valence-electron chi connectivity index (χ4n) is 4.23. The third kappa shape index (κ3) is 2.94. The Balaban J connectivity index is 1.43. The first kappa shape index (κ1) is 16.0. The molecule has 0 saturated carbocycles. The van der Waals surface area contributed by atoms with Crippen LogP contribution in [-0.2, 0) is 16.0 Å². The molecule has 2 saturated heterocycles. The molecule has 0 N–H and O–H groups in total. The number of likely N-dealkylation sites (tertiary alicyclic amines) is 1. The lowest BCUT2D eigenvalue weighted by atomic mass is 9.97. The maximum Gasteiger partial charge on any atom is 0.246 e. The zero-order valence-electron chi connectivity index (χ0n) is 13.9. The van der Waals surface area contributed by atoms with Gasteiger partial charge in [-0.3, -0.25) is 9.59 Å². The van der Waals surface area contributed by atoms with Crippen LogP contribution in [0.15, 0.2) is 24.3 Å². The van der Waals surface area contributed by atoms with Crippen molar-refractivity contribution in [2.75, 3.05) is 24.7 Å². The molecule has 0 spiro atoms. The molecular weight excluding hydrogens is 320 g/mol. The standard InChI is InChI=1S/C19H24N2O2S/c22-18(11-15-8-7-14-5-1-2-6-16(14)15)21-13-24-12-17(21)19(23)20-9-3-4-10-20/h1-2,5-6,15,17H,3-4,7-13H2/t15?,17-/m0/s1. The van der Waals surface area contributed by atoms with Gasteiger partial charge in [-0.1, -0.05) is 24.3 Å². The van der Waals surface area contributed by atoms with Crippen LogP contribution in [0.25, 0.3) is 0 Å². The van der Waals surface area contributed by atoms with E-state index in [9.17, 15) is 9.59 Å². The summed E-state index contributed by atoms with van der Waals surface area (Å²) in [5.74, 6) is 2.05. The molecule has 5 heteroatoms. The number of nitrogens with zero attached hydrogens (tertiary/aromatic N) is 2. The van der Waals surface area contributed by atoms with Crippen LogP contribution in [0.2, 0.25) is 0 Å². The topological polar surface area (TPSA) is 40.6 Å². The van der Waals surface area contributed by atoms with Crippen molar-refractivity contribution in [3.8, 4) is 0 Å². The van der Waals surface area contributed by atoms with Crippen LogP contribution < -0.4 is 0 Å². The van der Waals surface area contributed by atoms with E-state index in [-0.39, 0.29) is 17.9 Å². The number of amides is 2. The minimum Gasteiger partial charge on any atom is -0.341 e. The summed E-state index contributed by atoms with van der Waals surface area (Å²) in [4.78, 5) is 29.4. The van der Waals surface area contributed by atoms with Crippen molar-refractivity contribution in [3.05, 3.63) is 35.4 Å². The summed E-state index contributed by atoms with van der Waals surface area (Å²) in [7, 11) is 0. The number of benzene rings is 1. The molecule has 2 aliphatic heterocycles. The lowest BCUT2D eigenvalue weighted by Gasteiger charge is -2.28. The highest BCUT2D eigenvalue weighted by molar-refractivity contribution is 7.99. The van der Waals surface area contributed by atoms with E-state index in [1.165, 1.54) is 11.1 Å². The molecule has 1 aromatic carbocycles. The normalized spacial score (nSPS) is 26.0. The molecule has 2 amide bonds. The maximum absolute atomic E-state index is 12.9. The van der Waals surface area contributed by atoms with Gasteiger partial charge in [-0.25, -0.2) is 0 Å². The van der Waals surface area contributed by atoms with Gasteiger partial charge < -0.3 is 9.80 Å². The highest BCUT2D eigenvalue weighted by atomic mass is 32.2. The number of thioether (sulfide) groups is 1. The summed E-state index contributed by atoms with van der Waals surface area (Å²) in [5, 5.41) is 0. The van der Waals surface area contributed by atoms with E-state index in [4.69, 9.17) is 0 Å². The van der Waals surface area contributed by atoms with Crippen molar-refractivity contribution in [2.24, 2.45) is 0 Å². The van der Waals surface area contributed by atoms with Crippen molar-refractivity contribution < 1.29 is 9.59 Å². The van der Waals surface area contributed by atoms with Crippen molar-refractivity contribution >= 4 is 23.6 Å². The van der Waals surface area contributed by atoms with Gasteiger partial charge in [0.25, 0.3) is 0 Å². The molecule has 0 radical (unpaired) electrons. The second-order valence-electron chi connectivity index (χ2n) is 7.05. The second kappa shape index (κ2) is 6.79. The summed E-state index contributed by atoms with van der Waals surface area (Å²) in [6.07, 6.45) is 4.86. The zero-order valence-corrected chi connectivity index (χ0v) is 14.8. The molecule has 0 bridgehead atoms. The maximum atomic E-state index is 12.9. The zero-order chi connectivity index (χ0) is 16.5. The predicted octanol–water partition coefficient (Wildman–Crippen LogP) is 2.63. The number of fused-ring (bicyclic) bond motifs is 1. The Labute approximate surface area is 147 Å². The van der Waals surface area contributed by atoms with Gasteiger partial charge >= 0.3 is 0 Å². The molecule has 1 aliphatic carbocycles. The number of carbonyl (C=O) groups excluding carboxylic acids is 2. The van der Waals surface area contributed by atoms with Gasteiger partial charge in [0, 0.05) is 25.3 Å². The third-order valence-electron chi connectivity index (χ3n) is 5.58. The lowest BCUT2D eigenvalue weighted by Crippen LogP contribution is -2.48. The Morgan fingerprint density at radius 1 is 1.17 bits per heavy atom. The molecule has 24 heavy (non-hydrogen) atoms. The van der Waals surface area contributed by atoms with E-state index >= 15 is 0 Å². The molecule has 128 valence electrons. The van der Waals surface area contributed by atoms with Crippen molar-refractivity contribution in [3.63, 3.8) is 0 Å². The van der Waals surface area contributed by atoms with Crippen LogP contribution in [0.1, 0.15) is 42.7 Å². The van der Waals surface area contributed by atoms with E-state index in [1.807, 2.05) is 9.80 Å². The predicted molar refractivity (Wildman–Crippen MR) is 95.9 cm³/mol. The van der Waals surface area contributed by atoms with Gasteiger partial charge in [0.05, 0.1) is 5.88 Å². The Kier molecular flexibility index (Phi) is 4.53. The Hall–Kier alpha value is -1.49. The monoisotopic (exact) mass is 344 g/mol. The Morgan fingerprint density at radius 3 is 2.79 bits per heavy atom. The third-order valence-corrected chi connectivity index (χ3v) is 6.60. The van der Waals surface area contributed by atoms with Gasteiger partial charge in [-0.2, -0.15) is 0 Å². The lowest BCUT2D eigenvalue weighted by molar-refractivity contribution is -0.142. The van der Waals surface area contributed by atoms with E-state index in [0.717, 1.165) is 44.5 Å². The minimum atomic E-state index is -0.239. The van der Waals surface area contributed by atoms with Gasteiger partial charge in [0.15, 0.2) is 0 Å². The second-order valence-corrected chi connectivity index (χ2v) is 8.05. The van der Waals surface area contributed by atoms with Crippen LogP contribution in [0, 0.1) is 0 Å². The summed E-state index contributed by atoms with van der Waals surface area (Å²) in [6, 6.07) is 8.23. The molecule has 0 aromatic heterocycles. The van der Waals surface area contributed by atoms with Crippen molar-refractivity contribution in [2.45, 2.75) is 44.1 Å². The Bertz CT molecular complexity index is 642. The van der Waals surface area contributed by atoms with Crippen LogP contribution in [0.4, 0.5) is 0 Å². The first-order valence-electron chi connectivity index (χ1n) is 8.98. The van der Waals surface area contributed by atoms with Crippen LogP contribution in [0.3, 0.4) is 0 Å². The molecular formula is C19H24N2O2S. The average Bonchev–Trinajstić information content (AvgIpc) is 3.35. The summed E-state index contributed by atoms with van der Waals surface area (Å²) in [6.45, 7) is 1.72. The van der Waals surface area contributed by atoms with Gasteiger partial charge in [0.2, 0.25) is 11.8 Å². The van der Waals surface area contributed by atoms with E-state index in [0.29, 0.717) is 18.2 Å². The first-order chi connectivity index (χ1) is 11.7. The number of carbonyl (C=O) groups is 2. The average molecular weight is 344 g/mol. The molecule has 4 rings (SSSR count). The highest BCUT2D eigenvalue weighted by Gasteiger charge is 2.38. The van der Waals surface area contributed by atoms with Gasteiger partial charge in [0.1, 0.15) is 6.04 Å².